The Bertz CT molecular complexity index is 1710. The largest absolute Gasteiger partial charge is 0.377 e. The number of nitrogens with one attached hydrogen (secondary N) is 2. The summed E-state index contributed by atoms with van der Waals surface area (Å²) in [6.45, 7) is 3.88. The molecule has 1 atom stereocenters. The third-order valence-corrected chi connectivity index (χ3v) is 7.72. The Morgan fingerprint density at radius 1 is 1.18 bits per heavy atom. The fourth-order valence-corrected chi connectivity index (χ4v) is 5.28. The topological polar surface area (TPSA) is 113 Å². The minimum absolute atomic E-state index is 0.153. The molecule has 2 N–H and O–H groups in total. The van der Waals surface area contributed by atoms with E-state index in [4.69, 9.17) is 16.6 Å². The Balaban J connectivity index is 1.58. The highest BCUT2D eigenvalue weighted by atomic mass is 35.5. The fraction of sp³-hybridized carbons (Fsp3) is 0.276. The molecule has 1 saturated carbocycles. The van der Waals surface area contributed by atoms with E-state index in [1.54, 1.807) is 30.0 Å². The van der Waals surface area contributed by atoms with Crippen molar-refractivity contribution in [2.75, 3.05) is 11.6 Å². The highest BCUT2D eigenvalue weighted by Gasteiger charge is 2.44. The molecule has 1 aliphatic carbocycles. The number of pyridine rings is 1. The minimum atomic E-state index is -0.380. The summed E-state index contributed by atoms with van der Waals surface area (Å²) >= 11 is 7.25. The summed E-state index contributed by atoms with van der Waals surface area (Å²) in [5, 5.41) is 13.6. The highest BCUT2D eigenvalue weighted by Crippen LogP contribution is 2.47. The molecule has 0 bridgehead atoms. The van der Waals surface area contributed by atoms with Crippen LogP contribution in [0.3, 0.4) is 0 Å². The van der Waals surface area contributed by atoms with Gasteiger partial charge in [0.15, 0.2) is 5.69 Å². The van der Waals surface area contributed by atoms with Crippen molar-refractivity contribution in [3.63, 3.8) is 0 Å². The quantitative estimate of drug-likeness (QED) is 0.221. The van der Waals surface area contributed by atoms with Gasteiger partial charge in [-0.1, -0.05) is 53.9 Å². The minimum Gasteiger partial charge on any atom is -0.377 e. The van der Waals surface area contributed by atoms with Gasteiger partial charge in [0.2, 0.25) is 0 Å². The van der Waals surface area contributed by atoms with Crippen LogP contribution in [0.5, 0.6) is 0 Å². The molecule has 5 rings (SSSR count). The Morgan fingerprint density at radius 3 is 2.54 bits per heavy atom. The van der Waals surface area contributed by atoms with Gasteiger partial charge in [0, 0.05) is 24.4 Å². The van der Waals surface area contributed by atoms with Crippen molar-refractivity contribution in [1.29, 1.82) is 5.26 Å². The zero-order valence-corrected chi connectivity index (χ0v) is 23.6. The van der Waals surface area contributed by atoms with Gasteiger partial charge in [0.25, 0.3) is 11.5 Å². The van der Waals surface area contributed by atoms with E-state index in [2.05, 4.69) is 21.1 Å². The number of nitriles is 1. The second-order valence-electron chi connectivity index (χ2n) is 9.85. The number of hydrogen-bond acceptors (Lipinski definition) is 7. The lowest BCUT2D eigenvalue weighted by atomic mass is 9.96. The van der Waals surface area contributed by atoms with E-state index in [0.717, 1.165) is 35.1 Å². The van der Waals surface area contributed by atoms with Crippen LogP contribution < -0.4 is 15.6 Å². The number of amides is 1. The highest BCUT2D eigenvalue weighted by molar-refractivity contribution is 7.97. The number of carbonyl (C=O) groups is 1. The molecule has 4 aromatic rings. The lowest BCUT2D eigenvalue weighted by Crippen LogP contribution is -2.22. The maximum Gasteiger partial charge on any atom is 0.281 e. The Morgan fingerprint density at radius 2 is 1.90 bits per heavy atom. The Labute approximate surface area is 235 Å². The van der Waals surface area contributed by atoms with Crippen molar-refractivity contribution in [2.45, 2.75) is 38.1 Å². The summed E-state index contributed by atoms with van der Waals surface area (Å²) < 4.78 is 4.24. The summed E-state index contributed by atoms with van der Waals surface area (Å²) in [4.78, 5) is 35.3. The maximum atomic E-state index is 13.5. The molecule has 1 fully saturated rings. The maximum absolute atomic E-state index is 13.5. The number of fused-ring (bicyclic) bond motifs is 1. The van der Waals surface area contributed by atoms with Crippen molar-refractivity contribution < 1.29 is 4.79 Å². The average Bonchev–Trinajstić information content (AvgIpc) is 3.73. The van der Waals surface area contributed by atoms with Gasteiger partial charge in [0.05, 0.1) is 34.1 Å². The monoisotopic (exact) mass is 558 g/mol. The van der Waals surface area contributed by atoms with Crippen LogP contribution in [0.1, 0.15) is 53.0 Å². The van der Waals surface area contributed by atoms with Gasteiger partial charge in [-0.2, -0.15) is 5.26 Å². The molecule has 2 aromatic heterocycles. The van der Waals surface area contributed by atoms with Crippen LogP contribution in [-0.2, 0) is 12.5 Å². The number of rotatable bonds is 7. The number of anilines is 1. The Hall–Kier alpha value is -3.87. The number of aromatic nitrogens is 3. The first-order valence-electron chi connectivity index (χ1n) is 12.5. The molecule has 198 valence electrons. The van der Waals surface area contributed by atoms with Gasteiger partial charge >= 0.3 is 0 Å². The normalized spacial score (nSPS) is 14.5. The summed E-state index contributed by atoms with van der Waals surface area (Å²) in [7, 11) is 1.72. The van der Waals surface area contributed by atoms with Gasteiger partial charge in [-0.15, -0.1) is 0 Å². The van der Waals surface area contributed by atoms with Gasteiger partial charge in [-0.25, -0.2) is 9.97 Å². The van der Waals surface area contributed by atoms with Gasteiger partial charge in [-0.05, 0) is 56.0 Å². The fourth-order valence-electron chi connectivity index (χ4n) is 4.85. The molecule has 0 saturated heterocycles. The third kappa shape index (κ3) is 4.98. The summed E-state index contributed by atoms with van der Waals surface area (Å²) in [5.74, 6) is 0.169. The number of benzene rings is 2. The summed E-state index contributed by atoms with van der Waals surface area (Å²) in [6, 6.07) is 17.0. The van der Waals surface area contributed by atoms with E-state index in [1.807, 2.05) is 50.2 Å². The predicted molar refractivity (Wildman–Crippen MR) is 156 cm³/mol. The first kappa shape index (κ1) is 26.7. The lowest BCUT2D eigenvalue weighted by Gasteiger charge is -2.20. The van der Waals surface area contributed by atoms with E-state index in [1.165, 1.54) is 11.9 Å². The lowest BCUT2D eigenvalue weighted by molar-refractivity contribution is 0.0980. The van der Waals surface area contributed by atoms with Crippen molar-refractivity contribution in [3.8, 4) is 17.5 Å². The molecule has 2 aromatic carbocycles. The SMILES string of the molecule is CSNC(=O)c1nc(Cl)ccc1NC(C)c1cc(C)cc2c(=O)n(C)c(-c3ccc(C4(C#N)CC4)cc3)nc12. The zero-order valence-electron chi connectivity index (χ0n) is 22.0. The number of hydrogen-bond donors (Lipinski definition) is 2. The number of carbonyl (C=O) groups excluding carboxylic acids is 1. The van der Waals surface area contributed by atoms with Crippen LogP contribution in [0.15, 0.2) is 53.3 Å². The standard InChI is InChI=1S/C29H27ClN6O2S/c1-16-13-20(17(2)32-22-9-10-23(30)33-25(22)27(37)35-39-4)24-21(14-16)28(38)36(3)26(34-24)18-5-7-19(8-6-18)29(15-31)11-12-29/h5-10,13-14,17,32H,11-12H2,1-4H3,(H,35,37). The van der Waals surface area contributed by atoms with Crippen LogP contribution in [-0.4, -0.2) is 26.7 Å². The van der Waals surface area contributed by atoms with Crippen molar-refractivity contribution in [2.24, 2.45) is 7.05 Å². The molecule has 0 radical (unpaired) electrons. The molecular formula is C29H27ClN6O2S. The van der Waals surface area contributed by atoms with Gasteiger partial charge in [-0.3, -0.25) is 18.9 Å². The molecular weight excluding hydrogens is 532 g/mol. The summed E-state index contributed by atoms with van der Waals surface area (Å²) in [5.41, 5.74) is 4.25. The van der Waals surface area contributed by atoms with Crippen molar-refractivity contribution in [3.05, 3.63) is 86.4 Å². The van der Waals surface area contributed by atoms with Crippen LogP contribution in [0.25, 0.3) is 22.3 Å². The van der Waals surface area contributed by atoms with Gasteiger partial charge < -0.3 is 5.32 Å². The molecule has 2 heterocycles. The smallest absolute Gasteiger partial charge is 0.281 e. The summed E-state index contributed by atoms with van der Waals surface area (Å²) in [6.07, 6.45) is 3.49. The molecule has 8 nitrogen and oxygen atoms in total. The van der Waals surface area contributed by atoms with Gasteiger partial charge in [0.1, 0.15) is 11.0 Å². The molecule has 0 aliphatic heterocycles. The second kappa shape index (κ2) is 10.4. The second-order valence-corrected chi connectivity index (χ2v) is 10.9. The first-order chi connectivity index (χ1) is 18.7. The van der Waals surface area contributed by atoms with E-state index < -0.39 is 0 Å². The molecule has 39 heavy (non-hydrogen) atoms. The number of nitrogens with zero attached hydrogens (tertiary/aromatic N) is 4. The molecule has 1 unspecified atom stereocenters. The van der Waals surface area contributed by atoms with E-state index >= 15 is 0 Å². The van der Waals surface area contributed by atoms with Crippen LogP contribution in [0, 0.1) is 18.3 Å². The van der Waals surface area contributed by atoms with E-state index in [0.29, 0.717) is 22.4 Å². The molecule has 0 spiro atoms. The molecule has 1 amide bonds. The number of halogens is 1. The molecule has 1 aliphatic rings. The Kier molecular flexibility index (Phi) is 7.10. The van der Waals surface area contributed by atoms with Crippen LogP contribution in [0.2, 0.25) is 5.15 Å². The van der Waals surface area contributed by atoms with Crippen molar-refractivity contribution in [1.82, 2.24) is 19.3 Å². The zero-order chi connectivity index (χ0) is 27.9. The van der Waals surface area contributed by atoms with E-state index in [-0.39, 0.29) is 33.8 Å². The van der Waals surface area contributed by atoms with E-state index in [9.17, 15) is 14.9 Å². The number of aryl methyl sites for hydroxylation is 1. The molecule has 10 heteroatoms. The van der Waals surface area contributed by atoms with Crippen LogP contribution >= 0.6 is 23.5 Å². The van der Waals surface area contributed by atoms with Crippen LogP contribution in [0.4, 0.5) is 5.69 Å². The average molecular weight is 559 g/mol. The van der Waals surface area contributed by atoms with Crippen molar-refractivity contribution >= 4 is 46.0 Å². The predicted octanol–water partition coefficient (Wildman–Crippen LogP) is 5.69. The first-order valence-corrected chi connectivity index (χ1v) is 14.1. The third-order valence-electron chi connectivity index (χ3n) is 7.12.